The third kappa shape index (κ3) is 3.60. The molecule has 1 unspecified atom stereocenters. The predicted octanol–water partition coefficient (Wildman–Crippen LogP) is 3.20. The Labute approximate surface area is 145 Å². The lowest BCUT2D eigenvalue weighted by Crippen LogP contribution is -2.55. The number of piperazine rings is 1. The summed E-state index contributed by atoms with van der Waals surface area (Å²) in [5.74, 6) is 0.878. The van der Waals surface area contributed by atoms with Crippen LogP contribution in [0.3, 0.4) is 0 Å². The van der Waals surface area contributed by atoms with Crippen molar-refractivity contribution in [2.45, 2.75) is 38.6 Å². The second-order valence-electron chi connectivity index (χ2n) is 6.71. The molecular formula is C19H29N3O2. The molecule has 0 bridgehead atoms. The lowest BCUT2D eigenvalue weighted by Gasteiger charge is -2.42. The van der Waals surface area contributed by atoms with E-state index in [1.165, 1.54) is 12.1 Å². The van der Waals surface area contributed by atoms with Crippen LogP contribution in [-0.4, -0.2) is 61.7 Å². The second-order valence-corrected chi connectivity index (χ2v) is 6.71. The summed E-state index contributed by atoms with van der Waals surface area (Å²) in [6.07, 6.45) is 4.63. The van der Waals surface area contributed by atoms with Gasteiger partial charge in [0.2, 0.25) is 0 Å². The summed E-state index contributed by atoms with van der Waals surface area (Å²) in [6.45, 7) is 6.51. The molecule has 0 radical (unpaired) electrons. The Balaban J connectivity index is 1.56. The molecule has 2 saturated heterocycles. The molecule has 5 nitrogen and oxygen atoms in total. The average molecular weight is 331 g/mol. The van der Waals surface area contributed by atoms with Gasteiger partial charge in [-0.2, -0.15) is 0 Å². The lowest BCUT2D eigenvalue weighted by atomic mass is 10.0. The van der Waals surface area contributed by atoms with E-state index < -0.39 is 0 Å². The molecular weight excluding hydrogens is 302 g/mol. The zero-order valence-electron chi connectivity index (χ0n) is 14.9. The summed E-state index contributed by atoms with van der Waals surface area (Å²) in [4.78, 5) is 19.4. The van der Waals surface area contributed by atoms with E-state index >= 15 is 0 Å². The number of hydrogen-bond donors (Lipinski definition) is 0. The minimum absolute atomic E-state index is 0.246. The van der Waals surface area contributed by atoms with Crippen LogP contribution in [0.25, 0.3) is 0 Å². The summed E-state index contributed by atoms with van der Waals surface area (Å²) in [5, 5.41) is 0. The highest BCUT2D eigenvalue weighted by atomic mass is 16.5. The van der Waals surface area contributed by atoms with Gasteiger partial charge in [-0.25, -0.2) is 4.79 Å². The Bertz CT molecular complexity index is 538. The Morgan fingerprint density at radius 2 is 1.79 bits per heavy atom. The number of urea groups is 1. The van der Waals surface area contributed by atoms with Gasteiger partial charge < -0.3 is 19.4 Å². The fourth-order valence-corrected chi connectivity index (χ4v) is 3.81. The van der Waals surface area contributed by atoms with Crippen molar-refractivity contribution in [3.05, 3.63) is 24.3 Å². The molecule has 0 aromatic heterocycles. The van der Waals surface area contributed by atoms with E-state index in [-0.39, 0.29) is 6.03 Å². The van der Waals surface area contributed by atoms with Crippen LogP contribution in [0, 0.1) is 0 Å². The molecule has 2 aliphatic heterocycles. The van der Waals surface area contributed by atoms with Crippen LogP contribution < -0.4 is 9.64 Å². The van der Waals surface area contributed by atoms with Crippen molar-refractivity contribution >= 4 is 11.7 Å². The van der Waals surface area contributed by atoms with Gasteiger partial charge in [-0.15, -0.1) is 0 Å². The predicted molar refractivity (Wildman–Crippen MR) is 96.8 cm³/mol. The average Bonchev–Trinajstić information content (AvgIpc) is 2.67. The third-order valence-electron chi connectivity index (χ3n) is 5.33. The molecule has 1 aromatic carbocycles. The lowest BCUT2D eigenvalue weighted by molar-refractivity contribution is 0.111. The summed E-state index contributed by atoms with van der Waals surface area (Å²) < 4.78 is 5.22. The summed E-state index contributed by atoms with van der Waals surface area (Å²) in [7, 11) is 1.68. The van der Waals surface area contributed by atoms with E-state index in [2.05, 4.69) is 28.9 Å². The molecule has 1 aromatic rings. The molecule has 0 saturated carbocycles. The third-order valence-corrected chi connectivity index (χ3v) is 5.33. The Hall–Kier alpha value is -1.91. The number of carbonyl (C=O) groups is 1. The van der Waals surface area contributed by atoms with Crippen LogP contribution in [0.4, 0.5) is 10.5 Å². The van der Waals surface area contributed by atoms with E-state index in [4.69, 9.17) is 4.74 Å². The number of ether oxygens (including phenoxy) is 1. The highest BCUT2D eigenvalue weighted by Gasteiger charge is 2.30. The Kier molecular flexibility index (Phi) is 5.48. The van der Waals surface area contributed by atoms with Crippen LogP contribution in [0.2, 0.25) is 0 Å². The number of anilines is 1. The fourth-order valence-electron chi connectivity index (χ4n) is 3.81. The quantitative estimate of drug-likeness (QED) is 0.853. The van der Waals surface area contributed by atoms with Crippen molar-refractivity contribution in [1.82, 2.24) is 9.80 Å². The topological polar surface area (TPSA) is 36.0 Å². The molecule has 3 rings (SSSR count). The highest BCUT2D eigenvalue weighted by molar-refractivity contribution is 5.75. The monoisotopic (exact) mass is 331 g/mol. The number of methoxy groups -OCH3 is 1. The molecule has 2 fully saturated rings. The van der Waals surface area contributed by atoms with Gasteiger partial charge in [-0.05, 0) is 49.9 Å². The van der Waals surface area contributed by atoms with Crippen molar-refractivity contribution in [3.63, 3.8) is 0 Å². The number of benzene rings is 1. The first-order valence-electron chi connectivity index (χ1n) is 9.17. The molecule has 132 valence electrons. The van der Waals surface area contributed by atoms with Gasteiger partial charge in [0.25, 0.3) is 0 Å². The van der Waals surface area contributed by atoms with Crippen molar-refractivity contribution in [2.24, 2.45) is 0 Å². The van der Waals surface area contributed by atoms with Crippen molar-refractivity contribution in [3.8, 4) is 5.75 Å². The van der Waals surface area contributed by atoms with Gasteiger partial charge in [-0.1, -0.05) is 6.92 Å². The maximum absolute atomic E-state index is 12.9. The van der Waals surface area contributed by atoms with Gasteiger partial charge in [0.15, 0.2) is 0 Å². The van der Waals surface area contributed by atoms with Gasteiger partial charge in [0.05, 0.1) is 7.11 Å². The normalized spacial score (nSPS) is 21.8. The van der Waals surface area contributed by atoms with Crippen LogP contribution >= 0.6 is 0 Å². The van der Waals surface area contributed by atoms with E-state index in [9.17, 15) is 4.79 Å². The minimum Gasteiger partial charge on any atom is -0.497 e. The molecule has 0 aliphatic carbocycles. The van der Waals surface area contributed by atoms with Crippen molar-refractivity contribution in [2.75, 3.05) is 44.7 Å². The molecule has 2 amide bonds. The molecule has 2 aliphatic rings. The first-order valence-corrected chi connectivity index (χ1v) is 9.17. The number of carbonyl (C=O) groups excluding carboxylic acids is 1. The van der Waals surface area contributed by atoms with Gasteiger partial charge in [0.1, 0.15) is 5.75 Å². The number of amides is 2. The smallest absolute Gasteiger partial charge is 0.320 e. The number of rotatable bonds is 3. The first kappa shape index (κ1) is 16.9. The summed E-state index contributed by atoms with van der Waals surface area (Å²) in [6, 6.07) is 8.85. The number of nitrogens with zero attached hydrogens (tertiary/aromatic N) is 3. The molecule has 1 atom stereocenters. The van der Waals surface area contributed by atoms with Crippen molar-refractivity contribution in [1.29, 1.82) is 0 Å². The Morgan fingerprint density at radius 1 is 1.08 bits per heavy atom. The molecule has 0 N–H and O–H groups in total. The molecule has 0 spiro atoms. The van der Waals surface area contributed by atoms with Crippen LogP contribution in [0.1, 0.15) is 32.6 Å². The number of likely N-dealkylation sites (tertiary alicyclic amines) is 1. The Morgan fingerprint density at radius 3 is 2.42 bits per heavy atom. The maximum Gasteiger partial charge on any atom is 0.320 e. The van der Waals surface area contributed by atoms with Crippen LogP contribution in [0.5, 0.6) is 5.75 Å². The van der Waals surface area contributed by atoms with Crippen molar-refractivity contribution < 1.29 is 9.53 Å². The summed E-state index contributed by atoms with van der Waals surface area (Å²) >= 11 is 0. The summed E-state index contributed by atoms with van der Waals surface area (Å²) in [5.41, 5.74) is 1.20. The standard InChI is InChI=1S/C19H29N3O2/c1-3-16-6-4-5-11-22(16)19(23)21-14-12-20(13-15-21)17-7-9-18(24-2)10-8-17/h7-10,16H,3-6,11-15H2,1-2H3. The number of hydrogen-bond acceptors (Lipinski definition) is 3. The van der Waals surface area contributed by atoms with E-state index in [1.54, 1.807) is 7.11 Å². The second kappa shape index (κ2) is 7.77. The number of piperidine rings is 1. The maximum atomic E-state index is 12.9. The largest absolute Gasteiger partial charge is 0.497 e. The highest BCUT2D eigenvalue weighted by Crippen LogP contribution is 2.23. The van der Waals surface area contributed by atoms with Crippen LogP contribution in [0.15, 0.2) is 24.3 Å². The molecule has 24 heavy (non-hydrogen) atoms. The van der Waals surface area contributed by atoms with Crippen LogP contribution in [-0.2, 0) is 0 Å². The zero-order chi connectivity index (χ0) is 16.9. The minimum atomic E-state index is 0.246. The molecule has 2 heterocycles. The van der Waals surface area contributed by atoms with Gasteiger partial charge >= 0.3 is 6.03 Å². The van der Waals surface area contributed by atoms with E-state index in [0.29, 0.717) is 6.04 Å². The van der Waals surface area contributed by atoms with E-state index in [0.717, 1.165) is 57.7 Å². The van der Waals surface area contributed by atoms with Gasteiger partial charge in [-0.3, -0.25) is 0 Å². The molecule has 5 heteroatoms. The zero-order valence-corrected chi connectivity index (χ0v) is 14.9. The first-order chi connectivity index (χ1) is 11.7. The fraction of sp³-hybridized carbons (Fsp3) is 0.632. The van der Waals surface area contributed by atoms with Gasteiger partial charge in [0, 0.05) is 44.5 Å². The van der Waals surface area contributed by atoms with E-state index in [1.807, 2.05) is 17.0 Å². The SMILES string of the molecule is CCC1CCCCN1C(=O)N1CCN(c2ccc(OC)cc2)CC1.